The zero-order valence-electron chi connectivity index (χ0n) is 16.3. The topological polar surface area (TPSA) is 65.0 Å². The lowest BCUT2D eigenvalue weighted by Crippen LogP contribution is -2.51. The number of aryl methyl sites for hydroxylation is 1. The smallest absolute Gasteiger partial charge is 0.236 e. The fourth-order valence-corrected chi connectivity index (χ4v) is 4.05. The second kappa shape index (κ2) is 8.39. The summed E-state index contributed by atoms with van der Waals surface area (Å²) in [6.07, 6.45) is 2.49. The van der Waals surface area contributed by atoms with Crippen molar-refractivity contribution in [2.24, 2.45) is 0 Å². The number of anilines is 2. The molecule has 3 fully saturated rings. The first-order valence-electron chi connectivity index (χ1n) is 10.1. The van der Waals surface area contributed by atoms with Gasteiger partial charge in [0.15, 0.2) is 0 Å². The number of piperazine rings is 1. The summed E-state index contributed by atoms with van der Waals surface area (Å²) in [5.41, 5.74) is 0. The molecular formula is C19H30N6O2. The van der Waals surface area contributed by atoms with E-state index >= 15 is 0 Å². The summed E-state index contributed by atoms with van der Waals surface area (Å²) in [5.74, 6) is 3.13. The molecule has 8 nitrogen and oxygen atoms in total. The molecule has 0 spiro atoms. The summed E-state index contributed by atoms with van der Waals surface area (Å²) in [4.78, 5) is 30.6. The second-order valence-corrected chi connectivity index (χ2v) is 7.58. The van der Waals surface area contributed by atoms with Gasteiger partial charge in [0, 0.05) is 58.4 Å². The van der Waals surface area contributed by atoms with Gasteiger partial charge in [-0.2, -0.15) is 0 Å². The van der Waals surface area contributed by atoms with Crippen LogP contribution in [-0.4, -0.2) is 97.8 Å². The van der Waals surface area contributed by atoms with Gasteiger partial charge in [0.1, 0.15) is 17.5 Å². The molecular weight excluding hydrogens is 344 g/mol. The van der Waals surface area contributed by atoms with E-state index in [0.717, 1.165) is 69.8 Å². The summed E-state index contributed by atoms with van der Waals surface area (Å²) in [6, 6.07) is 2.13. The molecule has 0 radical (unpaired) electrons. The Morgan fingerprint density at radius 1 is 0.926 bits per heavy atom. The molecule has 3 saturated heterocycles. The fourth-order valence-electron chi connectivity index (χ4n) is 4.05. The van der Waals surface area contributed by atoms with Crippen LogP contribution in [0.1, 0.15) is 18.7 Å². The molecule has 148 valence electrons. The number of rotatable bonds is 4. The van der Waals surface area contributed by atoms with Gasteiger partial charge in [0.25, 0.3) is 0 Å². The number of amides is 1. The van der Waals surface area contributed by atoms with E-state index in [1.165, 1.54) is 12.8 Å². The first-order chi connectivity index (χ1) is 13.2. The molecule has 8 heteroatoms. The molecule has 0 aliphatic carbocycles. The van der Waals surface area contributed by atoms with Crippen LogP contribution in [0.2, 0.25) is 0 Å². The van der Waals surface area contributed by atoms with E-state index < -0.39 is 0 Å². The molecule has 4 rings (SSSR count). The normalized spacial score (nSPS) is 21.7. The maximum absolute atomic E-state index is 12.4. The molecule has 0 aromatic carbocycles. The van der Waals surface area contributed by atoms with Gasteiger partial charge >= 0.3 is 0 Å². The Balaban J connectivity index is 1.33. The predicted molar refractivity (Wildman–Crippen MR) is 104 cm³/mol. The van der Waals surface area contributed by atoms with E-state index in [1.807, 2.05) is 11.8 Å². The molecule has 0 N–H and O–H groups in total. The van der Waals surface area contributed by atoms with Crippen LogP contribution in [0.3, 0.4) is 0 Å². The summed E-state index contributed by atoms with van der Waals surface area (Å²) < 4.78 is 5.33. The Bertz CT molecular complexity index is 650. The zero-order chi connectivity index (χ0) is 18.6. The van der Waals surface area contributed by atoms with E-state index in [2.05, 4.69) is 30.7 Å². The molecule has 1 aromatic heterocycles. The first-order valence-corrected chi connectivity index (χ1v) is 10.1. The first kappa shape index (κ1) is 18.4. The van der Waals surface area contributed by atoms with Crippen molar-refractivity contribution in [2.75, 3.05) is 81.9 Å². The average Bonchev–Trinajstić information content (AvgIpc) is 3.24. The third-order valence-corrected chi connectivity index (χ3v) is 5.66. The van der Waals surface area contributed by atoms with E-state index in [0.29, 0.717) is 19.8 Å². The highest BCUT2D eigenvalue weighted by molar-refractivity contribution is 5.78. The third kappa shape index (κ3) is 4.50. The number of hydrogen-bond acceptors (Lipinski definition) is 7. The third-order valence-electron chi connectivity index (χ3n) is 5.66. The van der Waals surface area contributed by atoms with Gasteiger partial charge in [-0.1, -0.05) is 0 Å². The Kier molecular flexibility index (Phi) is 5.73. The number of hydrogen-bond donors (Lipinski definition) is 0. The van der Waals surface area contributed by atoms with Crippen LogP contribution in [0, 0.1) is 6.92 Å². The van der Waals surface area contributed by atoms with Gasteiger partial charge in [-0.3, -0.25) is 9.69 Å². The van der Waals surface area contributed by atoms with Crippen molar-refractivity contribution in [2.45, 2.75) is 19.8 Å². The molecule has 4 heterocycles. The zero-order valence-corrected chi connectivity index (χ0v) is 16.3. The van der Waals surface area contributed by atoms with Crippen LogP contribution in [0.25, 0.3) is 0 Å². The van der Waals surface area contributed by atoms with E-state index in [9.17, 15) is 4.79 Å². The van der Waals surface area contributed by atoms with Crippen molar-refractivity contribution in [3.63, 3.8) is 0 Å². The largest absolute Gasteiger partial charge is 0.378 e. The average molecular weight is 374 g/mol. The van der Waals surface area contributed by atoms with Crippen molar-refractivity contribution >= 4 is 17.5 Å². The minimum Gasteiger partial charge on any atom is -0.378 e. The Morgan fingerprint density at radius 2 is 1.52 bits per heavy atom. The number of carbonyl (C=O) groups is 1. The summed E-state index contributed by atoms with van der Waals surface area (Å²) in [5, 5.41) is 0. The van der Waals surface area contributed by atoms with Gasteiger partial charge in [0.05, 0.1) is 19.8 Å². The Hall–Kier alpha value is -1.93. The van der Waals surface area contributed by atoms with Crippen molar-refractivity contribution < 1.29 is 9.53 Å². The van der Waals surface area contributed by atoms with Crippen LogP contribution < -0.4 is 9.80 Å². The van der Waals surface area contributed by atoms with Gasteiger partial charge < -0.3 is 19.4 Å². The quantitative estimate of drug-likeness (QED) is 0.754. The standard InChI is InChI=1S/C19H30N6O2/c1-16-20-17(23-4-2-3-5-23)14-18(21-16)24-8-6-22(7-9-24)15-19(26)25-10-12-27-13-11-25/h14H,2-13,15H2,1H3. The van der Waals surface area contributed by atoms with E-state index in [4.69, 9.17) is 4.74 Å². The summed E-state index contributed by atoms with van der Waals surface area (Å²) >= 11 is 0. The molecule has 1 aromatic rings. The van der Waals surface area contributed by atoms with Crippen molar-refractivity contribution in [1.29, 1.82) is 0 Å². The lowest BCUT2D eigenvalue weighted by atomic mass is 10.3. The van der Waals surface area contributed by atoms with Gasteiger partial charge in [-0.25, -0.2) is 9.97 Å². The molecule has 3 aliphatic heterocycles. The molecule has 3 aliphatic rings. The van der Waals surface area contributed by atoms with Crippen LogP contribution >= 0.6 is 0 Å². The van der Waals surface area contributed by atoms with Gasteiger partial charge in [-0.15, -0.1) is 0 Å². The molecule has 0 atom stereocenters. The molecule has 0 bridgehead atoms. The highest BCUT2D eigenvalue weighted by Crippen LogP contribution is 2.23. The highest BCUT2D eigenvalue weighted by Gasteiger charge is 2.24. The number of carbonyl (C=O) groups excluding carboxylic acids is 1. The van der Waals surface area contributed by atoms with Crippen LogP contribution in [-0.2, 0) is 9.53 Å². The number of aromatic nitrogens is 2. The lowest BCUT2D eigenvalue weighted by Gasteiger charge is -2.36. The van der Waals surface area contributed by atoms with Crippen LogP contribution in [0.5, 0.6) is 0 Å². The lowest BCUT2D eigenvalue weighted by molar-refractivity contribution is -0.136. The minimum atomic E-state index is 0.223. The predicted octanol–water partition coefficient (Wildman–Crippen LogP) is 0.366. The maximum Gasteiger partial charge on any atom is 0.236 e. The summed E-state index contributed by atoms with van der Waals surface area (Å²) in [7, 11) is 0. The molecule has 1 amide bonds. The van der Waals surface area contributed by atoms with Crippen molar-refractivity contribution in [3.05, 3.63) is 11.9 Å². The maximum atomic E-state index is 12.4. The molecule has 0 unspecified atom stereocenters. The number of nitrogens with zero attached hydrogens (tertiary/aromatic N) is 6. The Morgan fingerprint density at radius 3 is 2.15 bits per heavy atom. The van der Waals surface area contributed by atoms with E-state index in [-0.39, 0.29) is 5.91 Å². The SMILES string of the molecule is Cc1nc(N2CCCC2)cc(N2CCN(CC(=O)N3CCOCC3)CC2)n1. The monoisotopic (exact) mass is 374 g/mol. The molecule has 0 saturated carbocycles. The number of morpholine rings is 1. The van der Waals surface area contributed by atoms with E-state index in [1.54, 1.807) is 0 Å². The van der Waals surface area contributed by atoms with Crippen LogP contribution in [0.15, 0.2) is 6.07 Å². The van der Waals surface area contributed by atoms with Crippen LogP contribution in [0.4, 0.5) is 11.6 Å². The fraction of sp³-hybridized carbons (Fsp3) is 0.737. The van der Waals surface area contributed by atoms with Crippen molar-refractivity contribution in [3.8, 4) is 0 Å². The summed E-state index contributed by atoms with van der Waals surface area (Å²) in [6.45, 7) is 11.0. The molecule has 27 heavy (non-hydrogen) atoms. The van der Waals surface area contributed by atoms with Gasteiger partial charge in [-0.05, 0) is 19.8 Å². The minimum absolute atomic E-state index is 0.223. The van der Waals surface area contributed by atoms with Crippen molar-refractivity contribution in [1.82, 2.24) is 19.8 Å². The second-order valence-electron chi connectivity index (χ2n) is 7.58. The Labute approximate surface area is 161 Å². The number of ether oxygens (including phenoxy) is 1. The van der Waals surface area contributed by atoms with Gasteiger partial charge in [0.2, 0.25) is 5.91 Å². The highest BCUT2D eigenvalue weighted by atomic mass is 16.5.